The maximum absolute atomic E-state index is 12.1. The van der Waals surface area contributed by atoms with E-state index in [0.29, 0.717) is 22.4 Å². The number of hydrogen-bond donors (Lipinski definition) is 2. The zero-order valence-electron chi connectivity index (χ0n) is 10.8. The van der Waals surface area contributed by atoms with Crippen molar-refractivity contribution in [2.45, 2.75) is 6.92 Å². The van der Waals surface area contributed by atoms with Gasteiger partial charge in [-0.2, -0.15) is 0 Å². The van der Waals surface area contributed by atoms with Gasteiger partial charge >= 0.3 is 5.76 Å². The number of carbonyl (C=O) groups excluding carboxylic acids is 1. The van der Waals surface area contributed by atoms with Crippen molar-refractivity contribution < 1.29 is 9.21 Å². The number of benzene rings is 2. The summed E-state index contributed by atoms with van der Waals surface area (Å²) >= 11 is 0. The fourth-order valence-electron chi connectivity index (χ4n) is 2.02. The SMILES string of the molecule is Cc1cccc(C(=O)Nc2ccc3oc(=O)[nH]c3c2)c1. The number of amides is 1. The number of fused-ring (bicyclic) bond motifs is 1. The zero-order chi connectivity index (χ0) is 14.1. The molecular formula is C15H12N2O3. The molecule has 1 amide bonds. The molecule has 5 heteroatoms. The molecule has 0 atom stereocenters. The Morgan fingerprint density at radius 3 is 2.85 bits per heavy atom. The highest BCUT2D eigenvalue weighted by Crippen LogP contribution is 2.17. The van der Waals surface area contributed by atoms with Crippen molar-refractivity contribution >= 4 is 22.7 Å². The first kappa shape index (κ1) is 12.2. The van der Waals surface area contributed by atoms with Crippen LogP contribution in [-0.2, 0) is 0 Å². The molecule has 0 fully saturated rings. The number of hydrogen-bond acceptors (Lipinski definition) is 3. The summed E-state index contributed by atoms with van der Waals surface area (Å²) in [6.07, 6.45) is 0. The lowest BCUT2D eigenvalue weighted by molar-refractivity contribution is 0.102. The van der Waals surface area contributed by atoms with Crippen LogP contribution in [-0.4, -0.2) is 10.9 Å². The van der Waals surface area contributed by atoms with E-state index in [0.717, 1.165) is 5.56 Å². The van der Waals surface area contributed by atoms with Crippen molar-refractivity contribution in [3.05, 3.63) is 64.1 Å². The molecule has 5 nitrogen and oxygen atoms in total. The van der Waals surface area contributed by atoms with Gasteiger partial charge in [0.1, 0.15) is 0 Å². The minimum absolute atomic E-state index is 0.195. The summed E-state index contributed by atoms with van der Waals surface area (Å²) in [6.45, 7) is 1.93. The highest BCUT2D eigenvalue weighted by molar-refractivity contribution is 6.05. The van der Waals surface area contributed by atoms with E-state index in [1.165, 1.54) is 0 Å². The first-order chi connectivity index (χ1) is 9.61. The molecule has 100 valence electrons. The fraction of sp³-hybridized carbons (Fsp3) is 0.0667. The number of H-pyrrole nitrogens is 1. The number of carbonyl (C=O) groups is 1. The van der Waals surface area contributed by atoms with Crippen LogP contribution in [0, 0.1) is 6.92 Å². The van der Waals surface area contributed by atoms with Crippen LogP contribution in [0.25, 0.3) is 11.1 Å². The van der Waals surface area contributed by atoms with Gasteiger partial charge in [0.15, 0.2) is 5.58 Å². The molecule has 3 aromatic rings. The van der Waals surface area contributed by atoms with Crippen LogP contribution in [0.5, 0.6) is 0 Å². The number of rotatable bonds is 2. The van der Waals surface area contributed by atoms with Crippen LogP contribution in [0.3, 0.4) is 0 Å². The summed E-state index contributed by atoms with van der Waals surface area (Å²) in [5.74, 6) is -0.707. The van der Waals surface area contributed by atoms with Crippen LogP contribution in [0.1, 0.15) is 15.9 Å². The number of aromatic amines is 1. The van der Waals surface area contributed by atoms with E-state index in [4.69, 9.17) is 4.42 Å². The first-order valence-electron chi connectivity index (χ1n) is 6.13. The Morgan fingerprint density at radius 1 is 1.20 bits per heavy atom. The quantitative estimate of drug-likeness (QED) is 0.750. The van der Waals surface area contributed by atoms with Crippen molar-refractivity contribution in [1.82, 2.24) is 4.98 Å². The molecule has 0 saturated carbocycles. The van der Waals surface area contributed by atoms with Crippen LogP contribution >= 0.6 is 0 Å². The molecule has 2 aromatic carbocycles. The summed E-state index contributed by atoms with van der Waals surface area (Å²) in [7, 11) is 0. The van der Waals surface area contributed by atoms with Crippen molar-refractivity contribution in [3.63, 3.8) is 0 Å². The van der Waals surface area contributed by atoms with E-state index in [1.54, 1.807) is 24.3 Å². The third-order valence-electron chi connectivity index (χ3n) is 2.96. The standard InChI is InChI=1S/C15H12N2O3/c1-9-3-2-4-10(7-9)14(18)16-11-5-6-13-12(8-11)17-15(19)20-13/h2-8H,1H3,(H,16,18)(H,17,19). The lowest BCUT2D eigenvalue weighted by Crippen LogP contribution is -2.11. The minimum Gasteiger partial charge on any atom is -0.408 e. The molecule has 0 spiro atoms. The molecule has 2 N–H and O–H groups in total. The van der Waals surface area contributed by atoms with Gasteiger partial charge in [0.05, 0.1) is 5.52 Å². The van der Waals surface area contributed by atoms with E-state index in [-0.39, 0.29) is 5.91 Å². The van der Waals surface area contributed by atoms with Gasteiger partial charge < -0.3 is 9.73 Å². The van der Waals surface area contributed by atoms with Gasteiger partial charge in [0.25, 0.3) is 5.91 Å². The molecule has 0 radical (unpaired) electrons. The Morgan fingerprint density at radius 2 is 2.05 bits per heavy atom. The second-order valence-electron chi connectivity index (χ2n) is 4.55. The Kier molecular flexibility index (Phi) is 2.87. The van der Waals surface area contributed by atoms with E-state index < -0.39 is 5.76 Å². The first-order valence-corrected chi connectivity index (χ1v) is 6.13. The molecule has 1 heterocycles. The number of aryl methyl sites for hydroxylation is 1. The molecule has 0 saturated heterocycles. The topological polar surface area (TPSA) is 75.1 Å². The number of nitrogens with one attached hydrogen (secondary N) is 2. The largest absolute Gasteiger partial charge is 0.417 e. The van der Waals surface area contributed by atoms with Crippen LogP contribution in [0.2, 0.25) is 0 Å². The van der Waals surface area contributed by atoms with Crippen molar-refractivity contribution in [2.24, 2.45) is 0 Å². The molecule has 0 aliphatic heterocycles. The van der Waals surface area contributed by atoms with Crippen LogP contribution < -0.4 is 11.1 Å². The lowest BCUT2D eigenvalue weighted by Gasteiger charge is -2.05. The molecule has 3 rings (SSSR count). The van der Waals surface area contributed by atoms with E-state index in [1.807, 2.05) is 25.1 Å². The molecule has 0 aliphatic rings. The van der Waals surface area contributed by atoms with Gasteiger partial charge in [-0.25, -0.2) is 4.79 Å². The summed E-state index contributed by atoms with van der Waals surface area (Å²) < 4.78 is 4.90. The molecular weight excluding hydrogens is 256 g/mol. The normalized spacial score (nSPS) is 10.7. The Labute approximate surface area is 114 Å². The average molecular weight is 268 g/mol. The third-order valence-corrected chi connectivity index (χ3v) is 2.96. The van der Waals surface area contributed by atoms with Crippen molar-refractivity contribution in [3.8, 4) is 0 Å². The fourth-order valence-corrected chi connectivity index (χ4v) is 2.02. The summed E-state index contributed by atoms with van der Waals surface area (Å²) in [5, 5.41) is 2.78. The molecule has 0 aliphatic carbocycles. The predicted molar refractivity (Wildman–Crippen MR) is 76.0 cm³/mol. The molecule has 0 bridgehead atoms. The number of aromatic nitrogens is 1. The summed E-state index contributed by atoms with van der Waals surface area (Å²) in [6, 6.07) is 12.3. The zero-order valence-corrected chi connectivity index (χ0v) is 10.8. The molecule has 1 aromatic heterocycles. The second kappa shape index (κ2) is 4.70. The highest BCUT2D eigenvalue weighted by Gasteiger charge is 2.07. The van der Waals surface area contributed by atoms with Gasteiger partial charge in [0.2, 0.25) is 0 Å². The molecule has 0 unspecified atom stereocenters. The van der Waals surface area contributed by atoms with Gasteiger partial charge in [-0.1, -0.05) is 17.7 Å². The van der Waals surface area contributed by atoms with Crippen molar-refractivity contribution in [1.29, 1.82) is 0 Å². The number of anilines is 1. The van der Waals surface area contributed by atoms with E-state index in [9.17, 15) is 9.59 Å². The van der Waals surface area contributed by atoms with E-state index in [2.05, 4.69) is 10.3 Å². The van der Waals surface area contributed by atoms with Crippen molar-refractivity contribution in [2.75, 3.05) is 5.32 Å². The second-order valence-corrected chi connectivity index (χ2v) is 4.55. The van der Waals surface area contributed by atoms with Gasteiger partial charge in [-0.15, -0.1) is 0 Å². The van der Waals surface area contributed by atoms with Crippen LogP contribution in [0.4, 0.5) is 5.69 Å². The number of oxazole rings is 1. The maximum atomic E-state index is 12.1. The third kappa shape index (κ3) is 2.33. The minimum atomic E-state index is -0.512. The highest BCUT2D eigenvalue weighted by atomic mass is 16.4. The van der Waals surface area contributed by atoms with Gasteiger partial charge in [-0.05, 0) is 37.3 Å². The predicted octanol–water partition coefficient (Wildman–Crippen LogP) is 2.68. The molecule has 20 heavy (non-hydrogen) atoms. The monoisotopic (exact) mass is 268 g/mol. The Bertz CT molecular complexity index is 845. The van der Waals surface area contributed by atoms with Gasteiger partial charge in [0, 0.05) is 11.3 Å². The maximum Gasteiger partial charge on any atom is 0.417 e. The Hall–Kier alpha value is -2.82. The summed E-state index contributed by atoms with van der Waals surface area (Å²) in [5.41, 5.74) is 3.22. The van der Waals surface area contributed by atoms with E-state index >= 15 is 0 Å². The average Bonchev–Trinajstić information content (AvgIpc) is 2.78. The lowest BCUT2D eigenvalue weighted by atomic mass is 10.1. The van der Waals surface area contributed by atoms with Crippen LogP contribution in [0.15, 0.2) is 51.7 Å². The summed E-state index contributed by atoms with van der Waals surface area (Å²) in [4.78, 5) is 25.7. The van der Waals surface area contributed by atoms with Gasteiger partial charge in [-0.3, -0.25) is 9.78 Å². The Balaban J connectivity index is 1.88. The smallest absolute Gasteiger partial charge is 0.408 e.